The van der Waals surface area contributed by atoms with Gasteiger partial charge in [0.25, 0.3) is 0 Å². The third kappa shape index (κ3) is 1.52. The molecule has 0 unspecified atom stereocenters. The number of fused-ring (bicyclic) bond motifs is 2. The standard InChI is InChI=1S/C13H14N2O2/c1-7(16)12-11(14)9-6-8-4-2-3-5-10(8)15-13(9)17-12/h6H,2-5,14H2,1H3. The number of ketones is 1. The van der Waals surface area contributed by atoms with E-state index in [1.807, 2.05) is 6.07 Å². The number of carbonyl (C=O) groups excluding carboxylic acids is 1. The van der Waals surface area contributed by atoms with E-state index >= 15 is 0 Å². The first-order valence-corrected chi connectivity index (χ1v) is 5.88. The van der Waals surface area contributed by atoms with Crippen LogP contribution in [-0.4, -0.2) is 10.8 Å². The lowest BCUT2D eigenvalue weighted by Crippen LogP contribution is -2.04. The van der Waals surface area contributed by atoms with Crippen LogP contribution in [0.15, 0.2) is 10.5 Å². The molecule has 0 saturated carbocycles. The predicted molar refractivity (Wildman–Crippen MR) is 65.1 cm³/mol. The first-order chi connectivity index (χ1) is 8.16. The van der Waals surface area contributed by atoms with Crippen LogP contribution in [-0.2, 0) is 12.8 Å². The van der Waals surface area contributed by atoms with E-state index in [0.717, 1.165) is 23.9 Å². The summed E-state index contributed by atoms with van der Waals surface area (Å²) in [5, 5.41) is 0.774. The number of nitrogens with two attached hydrogens (primary N) is 1. The summed E-state index contributed by atoms with van der Waals surface area (Å²) in [5.41, 5.74) is 9.17. The molecule has 4 heteroatoms. The number of hydrogen-bond donors (Lipinski definition) is 1. The van der Waals surface area contributed by atoms with E-state index in [9.17, 15) is 4.79 Å². The van der Waals surface area contributed by atoms with Gasteiger partial charge in [-0.15, -0.1) is 0 Å². The maximum Gasteiger partial charge on any atom is 0.229 e. The smallest absolute Gasteiger partial charge is 0.229 e. The molecule has 0 radical (unpaired) electrons. The number of nitrogen functional groups attached to an aromatic ring is 1. The Kier molecular flexibility index (Phi) is 2.18. The van der Waals surface area contributed by atoms with Crippen LogP contribution in [0.4, 0.5) is 5.69 Å². The molecule has 2 N–H and O–H groups in total. The second kappa shape index (κ2) is 3.58. The summed E-state index contributed by atoms with van der Waals surface area (Å²) in [6, 6.07) is 2.03. The van der Waals surface area contributed by atoms with Crippen molar-refractivity contribution in [1.29, 1.82) is 0 Å². The normalized spacial score (nSPS) is 14.9. The fourth-order valence-corrected chi connectivity index (χ4v) is 2.42. The summed E-state index contributed by atoms with van der Waals surface area (Å²) in [5.74, 6) is 0.0771. The number of aryl methyl sites for hydroxylation is 2. The monoisotopic (exact) mass is 230 g/mol. The molecular weight excluding hydrogens is 216 g/mol. The molecule has 0 spiro atoms. The molecule has 0 bridgehead atoms. The Morgan fingerprint density at radius 2 is 2.18 bits per heavy atom. The quantitative estimate of drug-likeness (QED) is 0.764. The Morgan fingerprint density at radius 3 is 2.94 bits per heavy atom. The Bertz CT molecular complexity index is 613. The van der Waals surface area contributed by atoms with E-state index in [1.54, 1.807) is 0 Å². The molecule has 88 valence electrons. The molecule has 4 nitrogen and oxygen atoms in total. The molecule has 2 heterocycles. The van der Waals surface area contributed by atoms with Gasteiger partial charge in [0.15, 0.2) is 11.5 Å². The van der Waals surface area contributed by atoms with Gasteiger partial charge in [-0.2, -0.15) is 0 Å². The van der Waals surface area contributed by atoms with Crippen LogP contribution in [0.2, 0.25) is 0 Å². The minimum Gasteiger partial charge on any atom is -0.432 e. The lowest BCUT2D eigenvalue weighted by atomic mass is 9.95. The molecule has 0 aliphatic heterocycles. The van der Waals surface area contributed by atoms with Crippen LogP contribution in [0.1, 0.15) is 41.6 Å². The fraction of sp³-hybridized carbons (Fsp3) is 0.385. The summed E-state index contributed by atoms with van der Waals surface area (Å²) in [4.78, 5) is 15.8. The highest BCUT2D eigenvalue weighted by Gasteiger charge is 2.19. The van der Waals surface area contributed by atoms with Gasteiger partial charge in [0.2, 0.25) is 5.71 Å². The largest absolute Gasteiger partial charge is 0.432 e. The van der Waals surface area contributed by atoms with E-state index in [2.05, 4.69) is 4.98 Å². The number of nitrogens with zero attached hydrogens (tertiary/aromatic N) is 1. The molecule has 1 aliphatic rings. The van der Waals surface area contributed by atoms with Gasteiger partial charge in [0.05, 0.1) is 11.1 Å². The van der Waals surface area contributed by atoms with Crippen molar-refractivity contribution < 1.29 is 9.21 Å². The topological polar surface area (TPSA) is 69.1 Å². The number of Topliss-reactive ketones (excluding diaryl/α,β-unsaturated/α-hetero) is 1. The molecule has 0 atom stereocenters. The minimum atomic E-state index is -0.154. The third-order valence-electron chi connectivity index (χ3n) is 3.32. The second-order valence-electron chi connectivity index (χ2n) is 4.56. The van der Waals surface area contributed by atoms with Gasteiger partial charge >= 0.3 is 0 Å². The molecule has 0 fully saturated rings. The molecule has 17 heavy (non-hydrogen) atoms. The lowest BCUT2D eigenvalue weighted by molar-refractivity contribution is 0.0990. The van der Waals surface area contributed by atoms with Gasteiger partial charge in [-0.05, 0) is 37.3 Å². The Hall–Kier alpha value is -1.84. The third-order valence-corrected chi connectivity index (χ3v) is 3.32. The average Bonchev–Trinajstić information content (AvgIpc) is 2.64. The highest BCUT2D eigenvalue weighted by molar-refractivity contribution is 6.04. The lowest BCUT2D eigenvalue weighted by Gasteiger charge is -2.13. The molecule has 0 amide bonds. The van der Waals surface area contributed by atoms with Gasteiger partial charge in [-0.25, -0.2) is 4.98 Å². The summed E-state index contributed by atoms with van der Waals surface area (Å²) in [6.07, 6.45) is 4.39. The van der Waals surface area contributed by atoms with Crippen molar-refractivity contribution >= 4 is 22.6 Å². The van der Waals surface area contributed by atoms with Crippen LogP contribution in [0.5, 0.6) is 0 Å². The number of furan rings is 1. The summed E-state index contributed by atoms with van der Waals surface area (Å²) in [7, 11) is 0. The van der Waals surface area contributed by atoms with Crippen molar-refractivity contribution in [3.8, 4) is 0 Å². The summed E-state index contributed by atoms with van der Waals surface area (Å²) < 4.78 is 5.44. The Morgan fingerprint density at radius 1 is 1.41 bits per heavy atom. The number of aromatic nitrogens is 1. The number of carbonyl (C=O) groups is 1. The molecular formula is C13H14N2O2. The zero-order chi connectivity index (χ0) is 12.0. The van der Waals surface area contributed by atoms with Gasteiger partial charge in [0, 0.05) is 12.6 Å². The molecule has 0 aromatic carbocycles. The fourth-order valence-electron chi connectivity index (χ4n) is 2.42. The minimum absolute atomic E-state index is 0.154. The average molecular weight is 230 g/mol. The predicted octanol–water partition coefficient (Wildman–Crippen LogP) is 2.49. The molecule has 2 aromatic heterocycles. The van der Waals surface area contributed by atoms with Gasteiger partial charge in [-0.1, -0.05) is 0 Å². The van der Waals surface area contributed by atoms with Gasteiger partial charge in [-0.3, -0.25) is 4.79 Å². The molecule has 0 saturated heterocycles. The number of rotatable bonds is 1. The first-order valence-electron chi connectivity index (χ1n) is 5.88. The molecule has 3 rings (SSSR count). The van der Waals surface area contributed by atoms with Gasteiger partial charge in [0.1, 0.15) is 0 Å². The maximum absolute atomic E-state index is 11.4. The van der Waals surface area contributed by atoms with Crippen LogP contribution in [0.25, 0.3) is 11.1 Å². The molecule has 1 aliphatic carbocycles. The zero-order valence-electron chi connectivity index (χ0n) is 9.75. The van der Waals surface area contributed by atoms with Crippen molar-refractivity contribution in [2.75, 3.05) is 5.73 Å². The highest BCUT2D eigenvalue weighted by atomic mass is 16.4. The number of pyridine rings is 1. The highest BCUT2D eigenvalue weighted by Crippen LogP contribution is 2.31. The second-order valence-corrected chi connectivity index (χ2v) is 4.56. The molecule has 2 aromatic rings. The SMILES string of the molecule is CC(=O)c1oc2nc3c(cc2c1N)CCCC3. The summed E-state index contributed by atoms with van der Waals surface area (Å²) in [6.45, 7) is 1.45. The van der Waals surface area contributed by atoms with Crippen molar-refractivity contribution in [3.05, 3.63) is 23.1 Å². The van der Waals surface area contributed by atoms with E-state index < -0.39 is 0 Å². The Balaban J connectivity index is 2.27. The van der Waals surface area contributed by atoms with E-state index in [0.29, 0.717) is 11.4 Å². The number of hydrogen-bond acceptors (Lipinski definition) is 4. The number of anilines is 1. The van der Waals surface area contributed by atoms with Crippen molar-refractivity contribution in [1.82, 2.24) is 4.98 Å². The Labute approximate surface area is 98.8 Å². The van der Waals surface area contributed by atoms with Crippen LogP contribution in [0, 0.1) is 0 Å². The van der Waals surface area contributed by atoms with Crippen molar-refractivity contribution in [2.45, 2.75) is 32.6 Å². The maximum atomic E-state index is 11.4. The van der Waals surface area contributed by atoms with Crippen LogP contribution in [0.3, 0.4) is 0 Å². The van der Waals surface area contributed by atoms with Crippen LogP contribution >= 0.6 is 0 Å². The van der Waals surface area contributed by atoms with E-state index in [1.165, 1.54) is 25.3 Å². The first kappa shape index (κ1) is 10.3. The zero-order valence-corrected chi connectivity index (χ0v) is 9.75. The van der Waals surface area contributed by atoms with Crippen molar-refractivity contribution in [2.24, 2.45) is 0 Å². The van der Waals surface area contributed by atoms with Gasteiger partial charge < -0.3 is 10.2 Å². The van der Waals surface area contributed by atoms with E-state index in [4.69, 9.17) is 10.2 Å². The summed E-state index contributed by atoms with van der Waals surface area (Å²) >= 11 is 0. The van der Waals surface area contributed by atoms with Crippen molar-refractivity contribution in [3.63, 3.8) is 0 Å². The van der Waals surface area contributed by atoms with Crippen LogP contribution < -0.4 is 5.73 Å². The van der Waals surface area contributed by atoms with E-state index in [-0.39, 0.29) is 11.5 Å².